The zero-order valence-electron chi connectivity index (χ0n) is 33.0. The molecule has 10 nitrogen and oxygen atoms in total. The molecule has 0 saturated carbocycles. The van der Waals surface area contributed by atoms with Crippen LogP contribution in [0.5, 0.6) is 0 Å². The van der Waals surface area contributed by atoms with Crippen molar-refractivity contribution >= 4 is 41.3 Å². The summed E-state index contributed by atoms with van der Waals surface area (Å²) in [4.78, 5) is 36.9. The molecule has 6 N–H and O–H groups in total. The Morgan fingerprint density at radius 1 is 0.679 bits per heavy atom. The Balaban J connectivity index is 3.83. The maximum absolute atomic E-state index is 12.5. The number of aliphatic hydroxyl groups excluding tert-OH is 2. The number of hydrogen-bond acceptors (Lipinski definition) is 10. The molecule has 0 aliphatic carbocycles. The van der Waals surface area contributed by atoms with Crippen molar-refractivity contribution in [1.82, 2.24) is 21.3 Å². The van der Waals surface area contributed by atoms with E-state index in [-0.39, 0.29) is 44.5 Å². The first kappa shape index (κ1) is 50.6. The number of rotatable bonds is 36. The molecule has 0 aromatic heterocycles. The number of nitrogens with one attached hydrogen (secondary N) is 4. The van der Waals surface area contributed by atoms with Gasteiger partial charge in [0.1, 0.15) is 6.10 Å². The van der Waals surface area contributed by atoms with E-state index in [4.69, 9.17) is 9.84 Å². The number of carbonyl (C=O) groups is 3. The van der Waals surface area contributed by atoms with Gasteiger partial charge in [-0.25, -0.2) is 0 Å². The summed E-state index contributed by atoms with van der Waals surface area (Å²) in [7, 11) is 0. The second-order valence-corrected chi connectivity index (χ2v) is 15.8. The Hall–Kier alpha value is -2.35. The predicted octanol–water partition coefficient (Wildman–Crippen LogP) is 6.23. The highest BCUT2D eigenvalue weighted by Crippen LogP contribution is 2.22. The summed E-state index contributed by atoms with van der Waals surface area (Å²) < 4.78 is 5.37. The van der Waals surface area contributed by atoms with E-state index in [0.29, 0.717) is 13.0 Å². The zero-order chi connectivity index (χ0) is 39.1. The van der Waals surface area contributed by atoms with Crippen LogP contribution in [0.4, 0.5) is 0 Å². The third kappa shape index (κ3) is 35.1. The highest BCUT2D eigenvalue weighted by molar-refractivity contribution is 8.16. The van der Waals surface area contributed by atoms with Crippen LogP contribution in [0.2, 0.25) is 0 Å². The van der Waals surface area contributed by atoms with Crippen LogP contribution in [-0.4, -0.2) is 103 Å². The fourth-order valence-electron chi connectivity index (χ4n) is 4.52. The van der Waals surface area contributed by atoms with Crippen LogP contribution in [0, 0.1) is 5.41 Å². The number of amides is 2. The summed E-state index contributed by atoms with van der Waals surface area (Å²) in [6, 6.07) is 0. The average molecular weight is 781 g/mol. The third-order valence-electron chi connectivity index (χ3n) is 7.78. The van der Waals surface area contributed by atoms with Crippen molar-refractivity contribution in [2.75, 3.05) is 69.1 Å². The standard InChI is InChI=1S/C41H72N4O6S2/c1-4-5-6-7-8-9-10-11-12-13-14-15-16-17-18-19-20-24-38(48)51-35-41(2,3)39(49)40(50)45-29-25-37(47)44-31-34-53-36-52-33-30-43-28-23-27-42-26-21-22-32-46/h5-6,8-9,11-12,14-15,17-18,39,42-43,46,49H,4,7,10,13,16,19-36H2,1-3H3,(H,44,47)(H,45,50)/b6-5-,9-8-,12-11-,15-14-,18-17-/t39-/m0/s1. The highest BCUT2D eigenvalue weighted by Gasteiger charge is 2.34. The third-order valence-corrected chi connectivity index (χ3v) is 10.1. The second kappa shape index (κ2) is 37.9. The van der Waals surface area contributed by atoms with Crippen molar-refractivity contribution in [3.8, 4) is 0 Å². The van der Waals surface area contributed by atoms with Gasteiger partial charge in [0.2, 0.25) is 11.8 Å². The van der Waals surface area contributed by atoms with Gasteiger partial charge in [0.25, 0.3) is 0 Å². The zero-order valence-corrected chi connectivity index (χ0v) is 34.6. The van der Waals surface area contributed by atoms with E-state index in [0.717, 1.165) is 101 Å². The monoisotopic (exact) mass is 780 g/mol. The molecule has 0 aliphatic rings. The lowest BCUT2D eigenvalue weighted by molar-refractivity contribution is -0.153. The van der Waals surface area contributed by atoms with Crippen LogP contribution in [-0.2, 0) is 19.1 Å². The molecule has 304 valence electrons. The van der Waals surface area contributed by atoms with Gasteiger partial charge in [-0.2, -0.15) is 0 Å². The lowest BCUT2D eigenvalue weighted by Crippen LogP contribution is -2.47. The molecular weight excluding hydrogens is 709 g/mol. The van der Waals surface area contributed by atoms with Crippen molar-refractivity contribution in [3.63, 3.8) is 0 Å². The molecule has 1 atom stereocenters. The Kier molecular flexibility index (Phi) is 36.3. The Labute approximate surface area is 330 Å². The summed E-state index contributed by atoms with van der Waals surface area (Å²) in [6.45, 7) is 10.3. The van der Waals surface area contributed by atoms with Gasteiger partial charge >= 0.3 is 5.97 Å². The molecule has 0 rings (SSSR count). The fourth-order valence-corrected chi connectivity index (χ4v) is 6.47. The molecule has 0 spiro atoms. The van der Waals surface area contributed by atoms with E-state index < -0.39 is 17.4 Å². The van der Waals surface area contributed by atoms with Crippen molar-refractivity contribution in [2.45, 2.75) is 104 Å². The lowest BCUT2D eigenvalue weighted by Gasteiger charge is -2.29. The number of ether oxygens (including phenoxy) is 1. The molecule has 2 amide bonds. The van der Waals surface area contributed by atoms with E-state index in [1.807, 2.05) is 11.8 Å². The predicted molar refractivity (Wildman–Crippen MR) is 226 cm³/mol. The van der Waals surface area contributed by atoms with E-state index in [1.54, 1.807) is 25.6 Å². The van der Waals surface area contributed by atoms with Gasteiger partial charge in [-0.15, -0.1) is 23.5 Å². The molecule has 0 radical (unpaired) electrons. The van der Waals surface area contributed by atoms with Crippen molar-refractivity contribution in [3.05, 3.63) is 60.8 Å². The largest absolute Gasteiger partial charge is 0.465 e. The topological polar surface area (TPSA) is 149 Å². The maximum atomic E-state index is 12.5. The normalized spacial score (nSPS) is 12.9. The number of esters is 1. The number of allylic oxidation sites excluding steroid dienone is 10. The number of aliphatic hydroxyl groups is 2. The number of hydrogen-bond donors (Lipinski definition) is 6. The SMILES string of the molecule is CC/C=C\C/C=C\C/C=C\C/C=C\C/C=C\CCCC(=O)OCC(C)(C)[C@@H](O)C(=O)NCCC(=O)NCCSCSCCNCCCNCCCCO. The molecule has 0 heterocycles. The average Bonchev–Trinajstić information content (AvgIpc) is 3.14. The van der Waals surface area contributed by atoms with E-state index in [2.05, 4.69) is 89.0 Å². The summed E-state index contributed by atoms with van der Waals surface area (Å²) in [5.41, 5.74) is -0.976. The van der Waals surface area contributed by atoms with Crippen LogP contribution < -0.4 is 21.3 Å². The molecule has 0 aromatic carbocycles. The van der Waals surface area contributed by atoms with Crippen molar-refractivity contribution < 1.29 is 29.3 Å². The van der Waals surface area contributed by atoms with Crippen LogP contribution in [0.3, 0.4) is 0 Å². The summed E-state index contributed by atoms with van der Waals surface area (Å²) in [5.74, 6) is 0.754. The first-order valence-electron chi connectivity index (χ1n) is 19.5. The van der Waals surface area contributed by atoms with Crippen molar-refractivity contribution in [2.24, 2.45) is 5.41 Å². The van der Waals surface area contributed by atoms with Gasteiger partial charge < -0.3 is 36.2 Å². The molecule has 12 heteroatoms. The van der Waals surface area contributed by atoms with Crippen LogP contribution in [0.1, 0.15) is 97.8 Å². The van der Waals surface area contributed by atoms with Crippen LogP contribution in [0.15, 0.2) is 60.8 Å². The first-order chi connectivity index (χ1) is 25.7. The Morgan fingerprint density at radius 3 is 1.87 bits per heavy atom. The number of carbonyl (C=O) groups excluding carboxylic acids is 3. The minimum absolute atomic E-state index is 0.0833. The molecule has 0 saturated heterocycles. The Bertz CT molecular complexity index is 1070. The van der Waals surface area contributed by atoms with E-state index in [1.165, 1.54) is 0 Å². The molecule has 0 fully saturated rings. The van der Waals surface area contributed by atoms with Gasteiger partial charge in [-0.3, -0.25) is 14.4 Å². The Morgan fingerprint density at radius 2 is 1.25 bits per heavy atom. The quantitative estimate of drug-likeness (QED) is 0.0187. The number of thioether (sulfide) groups is 2. The van der Waals surface area contributed by atoms with Crippen LogP contribution >= 0.6 is 23.5 Å². The van der Waals surface area contributed by atoms with E-state index in [9.17, 15) is 19.5 Å². The first-order valence-corrected chi connectivity index (χ1v) is 21.9. The molecular formula is C41H72N4O6S2. The van der Waals surface area contributed by atoms with E-state index >= 15 is 0 Å². The fraction of sp³-hybridized carbons (Fsp3) is 0.683. The molecule has 0 aliphatic heterocycles. The smallest absolute Gasteiger partial charge is 0.305 e. The number of unbranched alkanes of at least 4 members (excludes halogenated alkanes) is 2. The molecule has 0 unspecified atom stereocenters. The van der Waals surface area contributed by atoms with Crippen molar-refractivity contribution in [1.29, 1.82) is 0 Å². The molecule has 0 aromatic rings. The van der Waals surface area contributed by atoms with Gasteiger partial charge in [0, 0.05) is 61.1 Å². The minimum Gasteiger partial charge on any atom is -0.465 e. The molecule has 53 heavy (non-hydrogen) atoms. The maximum Gasteiger partial charge on any atom is 0.305 e. The second-order valence-electron chi connectivity index (χ2n) is 13.3. The summed E-state index contributed by atoms with van der Waals surface area (Å²) in [5, 5.41) is 32.6. The highest BCUT2D eigenvalue weighted by atomic mass is 32.2. The van der Waals surface area contributed by atoms with Crippen LogP contribution in [0.25, 0.3) is 0 Å². The minimum atomic E-state index is -1.38. The molecule has 0 bridgehead atoms. The summed E-state index contributed by atoms with van der Waals surface area (Å²) in [6.07, 6.45) is 29.7. The van der Waals surface area contributed by atoms with Gasteiger partial charge in [0.05, 0.1) is 6.61 Å². The summed E-state index contributed by atoms with van der Waals surface area (Å²) >= 11 is 3.65. The van der Waals surface area contributed by atoms with Gasteiger partial charge in [-0.05, 0) is 83.8 Å². The van der Waals surface area contributed by atoms with Gasteiger partial charge in [0.15, 0.2) is 0 Å². The lowest BCUT2D eigenvalue weighted by atomic mass is 9.87. The van der Waals surface area contributed by atoms with Gasteiger partial charge in [-0.1, -0.05) is 81.5 Å².